The van der Waals surface area contributed by atoms with Gasteiger partial charge in [0.1, 0.15) is 5.82 Å². The van der Waals surface area contributed by atoms with Crippen LogP contribution in [0.4, 0.5) is 4.39 Å². The summed E-state index contributed by atoms with van der Waals surface area (Å²) in [6.45, 7) is 7.04. The molecule has 2 fully saturated rings. The van der Waals surface area contributed by atoms with Crippen molar-refractivity contribution in [3.8, 4) is 0 Å². The van der Waals surface area contributed by atoms with Crippen molar-refractivity contribution in [3.05, 3.63) is 34.6 Å². The number of nitrogens with zero attached hydrogens (tertiary/aromatic N) is 3. The van der Waals surface area contributed by atoms with Crippen molar-refractivity contribution in [3.63, 3.8) is 0 Å². The normalized spacial score (nSPS) is 23.6. The summed E-state index contributed by atoms with van der Waals surface area (Å²) in [4.78, 5) is 9.13. The van der Waals surface area contributed by atoms with Gasteiger partial charge in [0, 0.05) is 55.6 Å². The van der Waals surface area contributed by atoms with Crippen LogP contribution in [0, 0.1) is 5.82 Å². The molecule has 0 radical (unpaired) electrons. The van der Waals surface area contributed by atoms with Crippen molar-refractivity contribution in [2.24, 2.45) is 4.99 Å². The maximum atomic E-state index is 14.0. The van der Waals surface area contributed by atoms with E-state index in [0.29, 0.717) is 23.7 Å². The first-order chi connectivity index (χ1) is 13.0. The first kappa shape index (κ1) is 24.0. The first-order valence-corrected chi connectivity index (χ1v) is 11.0. The largest absolute Gasteiger partial charge is 0.387 e. The van der Waals surface area contributed by atoms with Gasteiger partial charge in [-0.1, -0.05) is 17.7 Å². The molecule has 158 valence electrons. The smallest absolute Gasteiger partial charge is 0.194 e. The highest BCUT2D eigenvalue weighted by atomic mass is 127. The summed E-state index contributed by atoms with van der Waals surface area (Å²) in [5.41, 5.74) is -0.108. The first-order valence-electron chi connectivity index (χ1n) is 9.49. The summed E-state index contributed by atoms with van der Waals surface area (Å²) in [5, 5.41) is 14.4. The molecule has 5 nitrogen and oxygen atoms in total. The summed E-state index contributed by atoms with van der Waals surface area (Å²) in [6, 6.07) is 4.83. The Bertz CT molecular complexity index is 647. The van der Waals surface area contributed by atoms with Gasteiger partial charge < -0.3 is 15.3 Å². The number of hydrogen-bond donors (Lipinski definition) is 2. The van der Waals surface area contributed by atoms with Crippen LogP contribution in [0.15, 0.2) is 23.2 Å². The van der Waals surface area contributed by atoms with Gasteiger partial charge in [0.25, 0.3) is 0 Å². The summed E-state index contributed by atoms with van der Waals surface area (Å²) < 4.78 is 14.0. The fourth-order valence-corrected chi connectivity index (χ4v) is 4.90. The molecule has 2 aliphatic heterocycles. The van der Waals surface area contributed by atoms with Crippen LogP contribution < -0.4 is 5.32 Å². The van der Waals surface area contributed by atoms with Crippen LogP contribution in [-0.4, -0.2) is 77.2 Å². The van der Waals surface area contributed by atoms with E-state index < -0.39 is 5.60 Å². The quantitative estimate of drug-likeness (QED) is 0.340. The fourth-order valence-electron chi connectivity index (χ4n) is 3.39. The van der Waals surface area contributed by atoms with E-state index in [1.807, 2.05) is 6.92 Å². The third-order valence-corrected chi connectivity index (χ3v) is 6.64. The summed E-state index contributed by atoms with van der Waals surface area (Å²) in [5.74, 6) is 2.36. The lowest BCUT2D eigenvalue weighted by molar-refractivity contribution is 0.0773. The minimum absolute atomic E-state index is 0. The molecule has 9 heteroatoms. The molecule has 2 N–H and O–H groups in total. The van der Waals surface area contributed by atoms with Gasteiger partial charge in [-0.3, -0.25) is 9.89 Å². The molecule has 1 aromatic carbocycles. The van der Waals surface area contributed by atoms with Gasteiger partial charge in [-0.25, -0.2) is 4.39 Å². The van der Waals surface area contributed by atoms with Crippen molar-refractivity contribution in [1.29, 1.82) is 0 Å². The van der Waals surface area contributed by atoms with Crippen molar-refractivity contribution < 1.29 is 9.50 Å². The second-order valence-corrected chi connectivity index (χ2v) is 8.67. The molecule has 0 aromatic heterocycles. The van der Waals surface area contributed by atoms with Crippen LogP contribution in [0.1, 0.15) is 18.9 Å². The monoisotopic (exact) mass is 542 g/mol. The van der Waals surface area contributed by atoms with Crippen LogP contribution in [0.25, 0.3) is 0 Å². The van der Waals surface area contributed by atoms with Gasteiger partial charge in [-0.2, -0.15) is 11.8 Å². The maximum Gasteiger partial charge on any atom is 0.194 e. The molecule has 3 rings (SSSR count). The number of halogens is 3. The van der Waals surface area contributed by atoms with E-state index >= 15 is 0 Å². The average Bonchev–Trinajstić information content (AvgIpc) is 3.09. The molecule has 1 aromatic rings. The molecular formula is C19H29ClFIN4OS. The van der Waals surface area contributed by atoms with Gasteiger partial charge in [0.2, 0.25) is 0 Å². The number of hydrogen-bond acceptors (Lipinski definition) is 4. The number of piperazine rings is 1. The Morgan fingerprint density at radius 3 is 2.71 bits per heavy atom. The van der Waals surface area contributed by atoms with Crippen molar-refractivity contribution in [2.75, 3.05) is 50.8 Å². The zero-order valence-corrected chi connectivity index (χ0v) is 20.1. The average molecular weight is 543 g/mol. The maximum absolute atomic E-state index is 14.0. The molecule has 1 unspecified atom stereocenters. The highest BCUT2D eigenvalue weighted by Crippen LogP contribution is 2.28. The number of rotatable bonds is 5. The molecule has 2 heterocycles. The van der Waals surface area contributed by atoms with Crippen LogP contribution in [0.3, 0.4) is 0 Å². The number of nitrogens with one attached hydrogen (secondary N) is 1. The van der Waals surface area contributed by atoms with Gasteiger partial charge in [0.05, 0.1) is 12.1 Å². The topological polar surface area (TPSA) is 51.1 Å². The molecule has 0 aliphatic carbocycles. The lowest BCUT2D eigenvalue weighted by Crippen LogP contribution is -2.52. The highest BCUT2D eigenvalue weighted by molar-refractivity contribution is 14.0. The molecule has 0 amide bonds. The van der Waals surface area contributed by atoms with E-state index in [0.717, 1.165) is 56.6 Å². The standard InChI is InChI=1S/C19H28ClFN4OS.HI/c1-2-22-18(23-13-19(26)6-11-27-14-19)25-9-7-24(8-10-25)12-15-16(20)4-3-5-17(15)21;/h3-5,26H,2,6-14H2,1H3,(H,22,23);1H. The number of thioether (sulfide) groups is 1. The van der Waals surface area contributed by atoms with Crippen LogP contribution in [0.2, 0.25) is 5.02 Å². The van der Waals surface area contributed by atoms with Crippen molar-refractivity contribution >= 4 is 53.3 Å². The minimum atomic E-state index is -0.672. The van der Waals surface area contributed by atoms with Crippen LogP contribution in [-0.2, 0) is 6.54 Å². The Labute approximate surface area is 193 Å². The highest BCUT2D eigenvalue weighted by Gasteiger charge is 2.32. The predicted octanol–water partition coefficient (Wildman–Crippen LogP) is 3.05. The van der Waals surface area contributed by atoms with E-state index in [1.54, 1.807) is 23.9 Å². The fraction of sp³-hybridized carbons (Fsp3) is 0.632. The number of aliphatic hydroxyl groups is 1. The Balaban J connectivity index is 0.00000280. The van der Waals surface area contributed by atoms with E-state index in [4.69, 9.17) is 16.6 Å². The second kappa shape index (κ2) is 11.2. The minimum Gasteiger partial charge on any atom is -0.387 e. The molecule has 1 atom stereocenters. The van der Waals surface area contributed by atoms with Crippen molar-refractivity contribution in [1.82, 2.24) is 15.1 Å². The second-order valence-electron chi connectivity index (χ2n) is 7.16. The van der Waals surface area contributed by atoms with Gasteiger partial charge in [-0.05, 0) is 31.2 Å². The Morgan fingerprint density at radius 1 is 1.36 bits per heavy atom. The van der Waals surface area contributed by atoms with E-state index in [9.17, 15) is 9.50 Å². The van der Waals surface area contributed by atoms with Crippen LogP contribution >= 0.6 is 47.3 Å². The summed E-state index contributed by atoms with van der Waals surface area (Å²) in [7, 11) is 0. The molecule has 2 aliphatic rings. The molecule has 2 saturated heterocycles. The third-order valence-electron chi connectivity index (χ3n) is 5.06. The lowest BCUT2D eigenvalue weighted by Gasteiger charge is -2.37. The van der Waals surface area contributed by atoms with E-state index in [-0.39, 0.29) is 29.8 Å². The van der Waals surface area contributed by atoms with Gasteiger partial charge in [0.15, 0.2) is 5.96 Å². The Morgan fingerprint density at radius 2 is 2.11 bits per heavy atom. The predicted molar refractivity (Wildman–Crippen MR) is 127 cm³/mol. The Hall–Kier alpha value is -0.290. The summed E-state index contributed by atoms with van der Waals surface area (Å²) >= 11 is 7.94. The lowest BCUT2D eigenvalue weighted by atomic mass is 10.0. The zero-order valence-electron chi connectivity index (χ0n) is 16.2. The van der Waals surface area contributed by atoms with Gasteiger partial charge >= 0.3 is 0 Å². The Kier molecular flexibility index (Phi) is 9.59. The SMILES string of the molecule is CCNC(=NCC1(O)CCSC1)N1CCN(Cc2c(F)cccc2Cl)CC1.I. The van der Waals surface area contributed by atoms with E-state index in [1.165, 1.54) is 6.07 Å². The molecule has 0 spiro atoms. The summed E-state index contributed by atoms with van der Waals surface area (Å²) in [6.07, 6.45) is 0.803. The third kappa shape index (κ3) is 6.35. The van der Waals surface area contributed by atoms with Crippen molar-refractivity contribution in [2.45, 2.75) is 25.5 Å². The molecule has 28 heavy (non-hydrogen) atoms. The van der Waals surface area contributed by atoms with Gasteiger partial charge in [-0.15, -0.1) is 24.0 Å². The number of benzene rings is 1. The van der Waals surface area contributed by atoms with E-state index in [2.05, 4.69) is 15.1 Å². The molecular weight excluding hydrogens is 514 g/mol. The van der Waals surface area contributed by atoms with Crippen LogP contribution in [0.5, 0.6) is 0 Å². The molecule has 0 bridgehead atoms. The number of guanidine groups is 1. The number of aliphatic imine (C=N–C) groups is 1. The molecule has 0 saturated carbocycles. The zero-order chi connectivity index (χ0) is 19.3.